The van der Waals surface area contributed by atoms with Crippen LogP contribution in [-0.2, 0) is 12.8 Å². The number of fused-ring (bicyclic) bond motifs is 1. The number of aliphatic hydroxyl groups excluding tert-OH is 1. The quantitative estimate of drug-likeness (QED) is 0.557. The number of hydrogen-bond acceptors (Lipinski definition) is 7. The van der Waals surface area contributed by atoms with E-state index in [9.17, 15) is 5.26 Å². The Bertz CT molecular complexity index is 1050. The van der Waals surface area contributed by atoms with Gasteiger partial charge >= 0.3 is 0 Å². The van der Waals surface area contributed by atoms with Gasteiger partial charge in [0.05, 0.1) is 18.3 Å². The van der Waals surface area contributed by atoms with E-state index in [1.54, 1.807) is 19.2 Å². The summed E-state index contributed by atoms with van der Waals surface area (Å²) >= 11 is 0. The first-order valence-corrected chi connectivity index (χ1v) is 11.5. The Labute approximate surface area is 196 Å². The first kappa shape index (κ1) is 26.0. The maximum Gasteiger partial charge on any atom is 0.258 e. The highest BCUT2D eigenvalue weighted by Gasteiger charge is 2.19. The molecule has 0 radical (unpaired) electrons. The fraction of sp³-hybridized carbons (Fsp3) is 0.423. The molecule has 3 aromatic rings. The Balaban J connectivity index is 0.000000489. The minimum Gasteiger partial charge on any atom is -0.490 e. The first-order valence-electron chi connectivity index (χ1n) is 11.5. The molecule has 0 amide bonds. The van der Waals surface area contributed by atoms with Crippen LogP contribution in [0.5, 0.6) is 5.75 Å². The lowest BCUT2D eigenvalue weighted by Gasteiger charge is -2.11. The van der Waals surface area contributed by atoms with Gasteiger partial charge in [0.25, 0.3) is 5.89 Å². The van der Waals surface area contributed by atoms with Gasteiger partial charge in [0, 0.05) is 17.7 Å². The molecule has 7 heteroatoms. The summed E-state index contributed by atoms with van der Waals surface area (Å²) in [6.45, 7) is 8.78. The van der Waals surface area contributed by atoms with Crippen molar-refractivity contribution >= 4 is 0 Å². The van der Waals surface area contributed by atoms with E-state index in [4.69, 9.17) is 14.4 Å². The molecule has 0 aliphatic heterocycles. The van der Waals surface area contributed by atoms with Crippen molar-refractivity contribution in [3.05, 3.63) is 53.1 Å². The first-order chi connectivity index (χ1) is 16.1. The molecule has 0 saturated heterocycles. The zero-order valence-electron chi connectivity index (χ0n) is 20.2. The summed E-state index contributed by atoms with van der Waals surface area (Å²) in [5, 5.41) is 24.3. The van der Waals surface area contributed by atoms with Gasteiger partial charge in [-0.2, -0.15) is 10.2 Å². The highest BCUT2D eigenvalue weighted by molar-refractivity contribution is 5.66. The molecule has 1 aromatic heterocycles. The van der Waals surface area contributed by atoms with Crippen molar-refractivity contribution in [3.8, 4) is 34.7 Å². The summed E-state index contributed by atoms with van der Waals surface area (Å²) in [6, 6.07) is 13.8. The monoisotopic (exact) mass is 450 g/mol. The van der Waals surface area contributed by atoms with Crippen LogP contribution < -0.4 is 10.1 Å². The third kappa shape index (κ3) is 6.88. The van der Waals surface area contributed by atoms with Crippen LogP contribution in [0.3, 0.4) is 0 Å². The number of likely N-dealkylation sites (N-methyl/N-ethyl adjacent to an activating group) is 1. The van der Waals surface area contributed by atoms with Crippen LogP contribution in [0.4, 0.5) is 0 Å². The van der Waals surface area contributed by atoms with Crippen LogP contribution >= 0.6 is 0 Å². The van der Waals surface area contributed by atoms with E-state index >= 15 is 0 Å². The van der Waals surface area contributed by atoms with Crippen molar-refractivity contribution in [2.75, 3.05) is 20.2 Å². The van der Waals surface area contributed by atoms with Crippen molar-refractivity contribution in [1.82, 2.24) is 15.5 Å². The van der Waals surface area contributed by atoms with Crippen molar-refractivity contribution in [1.29, 1.82) is 5.26 Å². The Morgan fingerprint density at radius 1 is 1.21 bits per heavy atom. The Morgan fingerprint density at radius 3 is 2.64 bits per heavy atom. The summed E-state index contributed by atoms with van der Waals surface area (Å²) in [6.07, 6.45) is 3.33. The number of ether oxygens (including phenoxy) is 1. The molecule has 0 saturated carbocycles. The van der Waals surface area contributed by atoms with Crippen LogP contribution in [0.15, 0.2) is 40.9 Å². The van der Waals surface area contributed by atoms with E-state index in [0.717, 1.165) is 18.4 Å². The predicted molar refractivity (Wildman–Crippen MR) is 130 cm³/mol. The van der Waals surface area contributed by atoms with Gasteiger partial charge in [-0.1, -0.05) is 37.2 Å². The molecule has 33 heavy (non-hydrogen) atoms. The molecule has 0 fully saturated rings. The highest BCUT2D eigenvalue weighted by Crippen LogP contribution is 2.32. The molecule has 7 nitrogen and oxygen atoms in total. The average Bonchev–Trinajstić information content (AvgIpc) is 3.51. The summed E-state index contributed by atoms with van der Waals surface area (Å²) in [5.41, 5.74) is 4.89. The van der Waals surface area contributed by atoms with E-state index < -0.39 is 0 Å². The second kappa shape index (κ2) is 13.4. The SMILES string of the molecule is CC.CC(C)Oc1ccc(-c2nc(-c3cccc4c3CCC4)no2)cc1C#N.CNCCO. The molecule has 0 bridgehead atoms. The minimum atomic E-state index is 0.00290. The number of nitriles is 1. The minimum absolute atomic E-state index is 0.00290. The van der Waals surface area contributed by atoms with E-state index in [-0.39, 0.29) is 12.7 Å². The van der Waals surface area contributed by atoms with Crippen molar-refractivity contribution in [2.45, 2.75) is 53.1 Å². The highest BCUT2D eigenvalue weighted by atomic mass is 16.5. The molecule has 1 aliphatic carbocycles. The van der Waals surface area contributed by atoms with Crippen LogP contribution in [0.1, 0.15) is 50.8 Å². The standard InChI is InChI=1S/C21H19N3O2.C3H9NO.C2H6/c1-13(2)25-19-10-9-15(11-16(19)12-22)21-23-20(24-26-21)18-8-4-6-14-5-3-7-17(14)18;1-4-2-3-5;1-2/h4,6,8-11,13H,3,5,7H2,1-2H3;4-5H,2-3H2,1H3;1-2H3. The van der Waals surface area contributed by atoms with E-state index in [1.807, 2.05) is 45.9 Å². The number of aryl methyl sites for hydroxylation is 1. The summed E-state index contributed by atoms with van der Waals surface area (Å²) < 4.78 is 11.1. The van der Waals surface area contributed by atoms with Gasteiger partial charge in [-0.25, -0.2) is 0 Å². The summed E-state index contributed by atoms with van der Waals surface area (Å²) in [7, 11) is 1.80. The molecule has 0 spiro atoms. The van der Waals surface area contributed by atoms with Gasteiger partial charge in [-0.05, 0) is 69.5 Å². The van der Waals surface area contributed by atoms with E-state index in [1.165, 1.54) is 17.5 Å². The Kier molecular flexibility index (Phi) is 10.5. The molecule has 1 heterocycles. The molecular weight excluding hydrogens is 416 g/mol. The topological polar surface area (TPSA) is 104 Å². The Hall–Kier alpha value is -3.21. The lowest BCUT2D eigenvalue weighted by atomic mass is 10.0. The third-order valence-electron chi connectivity index (χ3n) is 4.88. The fourth-order valence-corrected chi connectivity index (χ4v) is 3.50. The molecule has 0 atom stereocenters. The van der Waals surface area contributed by atoms with Crippen molar-refractivity contribution < 1.29 is 14.4 Å². The van der Waals surface area contributed by atoms with Gasteiger partial charge in [0.15, 0.2) is 0 Å². The largest absolute Gasteiger partial charge is 0.490 e. The number of aliphatic hydroxyl groups is 1. The molecule has 0 unspecified atom stereocenters. The van der Waals surface area contributed by atoms with Crippen LogP contribution in [0, 0.1) is 11.3 Å². The summed E-state index contributed by atoms with van der Waals surface area (Å²) in [4.78, 5) is 4.57. The van der Waals surface area contributed by atoms with Gasteiger partial charge in [-0.15, -0.1) is 0 Å². The van der Waals surface area contributed by atoms with Crippen LogP contribution in [-0.4, -0.2) is 41.6 Å². The molecule has 1 aliphatic rings. The summed E-state index contributed by atoms with van der Waals surface area (Å²) in [5.74, 6) is 1.56. The lowest BCUT2D eigenvalue weighted by Crippen LogP contribution is -2.10. The zero-order chi connectivity index (χ0) is 24.2. The van der Waals surface area contributed by atoms with Gasteiger partial charge in [0.2, 0.25) is 5.82 Å². The smallest absolute Gasteiger partial charge is 0.258 e. The van der Waals surface area contributed by atoms with Gasteiger partial charge in [-0.3, -0.25) is 0 Å². The molecule has 176 valence electrons. The van der Waals surface area contributed by atoms with Gasteiger partial charge in [0.1, 0.15) is 11.8 Å². The normalized spacial score (nSPS) is 11.6. The second-order valence-electron chi connectivity index (χ2n) is 7.54. The van der Waals surface area contributed by atoms with Crippen LogP contribution in [0.2, 0.25) is 0 Å². The lowest BCUT2D eigenvalue weighted by molar-refractivity contribution is 0.241. The molecular formula is C26H34N4O3. The molecule has 4 rings (SSSR count). The zero-order valence-corrected chi connectivity index (χ0v) is 20.2. The van der Waals surface area contributed by atoms with Crippen molar-refractivity contribution in [3.63, 3.8) is 0 Å². The number of rotatable bonds is 6. The van der Waals surface area contributed by atoms with Crippen LogP contribution in [0.25, 0.3) is 22.8 Å². The molecule has 2 N–H and O–H groups in total. The molecule has 2 aromatic carbocycles. The third-order valence-corrected chi connectivity index (χ3v) is 4.88. The second-order valence-corrected chi connectivity index (χ2v) is 7.54. The van der Waals surface area contributed by atoms with Gasteiger partial charge < -0.3 is 19.7 Å². The predicted octanol–water partition coefficient (Wildman–Crippen LogP) is 4.78. The van der Waals surface area contributed by atoms with E-state index in [0.29, 0.717) is 35.1 Å². The number of hydrogen-bond donors (Lipinski definition) is 2. The fourth-order valence-electron chi connectivity index (χ4n) is 3.50. The number of aromatic nitrogens is 2. The number of nitrogens with one attached hydrogen (secondary N) is 1. The number of benzene rings is 2. The maximum atomic E-state index is 9.40. The van der Waals surface area contributed by atoms with E-state index in [2.05, 4.69) is 27.6 Å². The maximum absolute atomic E-state index is 9.40. The Morgan fingerprint density at radius 2 is 2.00 bits per heavy atom. The van der Waals surface area contributed by atoms with Crippen molar-refractivity contribution in [2.24, 2.45) is 0 Å². The number of nitrogens with zero attached hydrogens (tertiary/aromatic N) is 3. The average molecular weight is 451 g/mol.